The maximum absolute atomic E-state index is 11.4. The van der Waals surface area contributed by atoms with Crippen LogP contribution >= 0.6 is 0 Å². The summed E-state index contributed by atoms with van der Waals surface area (Å²) in [6.45, 7) is 4.18. The van der Waals surface area contributed by atoms with Gasteiger partial charge in [-0.1, -0.05) is 0 Å². The third-order valence-corrected chi connectivity index (χ3v) is 2.98. The summed E-state index contributed by atoms with van der Waals surface area (Å²) in [4.78, 5) is 15.6. The van der Waals surface area contributed by atoms with Gasteiger partial charge in [0.25, 0.3) is 0 Å². The van der Waals surface area contributed by atoms with Gasteiger partial charge >= 0.3 is 5.97 Å². The van der Waals surface area contributed by atoms with Crippen LogP contribution in [0, 0.1) is 13.8 Å². The number of hydrogen-bond donors (Lipinski definition) is 2. The molecule has 106 valence electrons. The number of anilines is 2. The third kappa shape index (κ3) is 2.90. The topological polar surface area (TPSA) is 90.4 Å². The Hall–Kier alpha value is -2.50. The molecule has 20 heavy (non-hydrogen) atoms. The molecule has 0 aliphatic carbocycles. The fourth-order valence-electron chi connectivity index (χ4n) is 1.75. The van der Waals surface area contributed by atoms with Gasteiger partial charge in [-0.05, 0) is 32.0 Å². The first-order valence-electron chi connectivity index (χ1n) is 6.16. The van der Waals surface area contributed by atoms with E-state index in [0.29, 0.717) is 29.4 Å². The second-order valence-electron chi connectivity index (χ2n) is 4.40. The highest BCUT2D eigenvalue weighted by Crippen LogP contribution is 2.21. The Morgan fingerprint density at radius 2 is 2.20 bits per heavy atom. The molecule has 0 fully saturated rings. The first-order valence-corrected chi connectivity index (χ1v) is 6.16. The van der Waals surface area contributed by atoms with Gasteiger partial charge in [0.1, 0.15) is 5.76 Å². The van der Waals surface area contributed by atoms with Crippen LogP contribution in [-0.4, -0.2) is 18.1 Å². The van der Waals surface area contributed by atoms with E-state index < -0.39 is 5.97 Å². The highest BCUT2D eigenvalue weighted by atomic mass is 16.5. The minimum atomic E-state index is -0.415. The molecular weight excluding hydrogens is 258 g/mol. The molecule has 0 aliphatic heterocycles. The predicted molar refractivity (Wildman–Crippen MR) is 75.5 cm³/mol. The van der Waals surface area contributed by atoms with Crippen molar-refractivity contribution in [3.8, 4) is 0 Å². The second-order valence-corrected chi connectivity index (χ2v) is 4.40. The Labute approximate surface area is 116 Å². The van der Waals surface area contributed by atoms with Crippen LogP contribution < -0.4 is 11.1 Å². The number of benzene rings is 1. The van der Waals surface area contributed by atoms with Gasteiger partial charge in [0.05, 0.1) is 36.3 Å². The van der Waals surface area contributed by atoms with E-state index in [9.17, 15) is 4.79 Å². The Morgan fingerprint density at radius 1 is 1.45 bits per heavy atom. The first-order chi connectivity index (χ1) is 9.51. The van der Waals surface area contributed by atoms with Gasteiger partial charge in [-0.2, -0.15) is 0 Å². The van der Waals surface area contributed by atoms with Crippen LogP contribution in [0.4, 0.5) is 11.4 Å². The van der Waals surface area contributed by atoms with Crippen LogP contribution in [0.2, 0.25) is 0 Å². The Bertz CT molecular complexity index is 615. The zero-order valence-electron chi connectivity index (χ0n) is 11.7. The molecule has 2 aromatic rings. The Kier molecular flexibility index (Phi) is 3.93. The van der Waals surface area contributed by atoms with E-state index in [2.05, 4.69) is 15.0 Å². The first kappa shape index (κ1) is 13.9. The molecule has 0 spiro atoms. The third-order valence-electron chi connectivity index (χ3n) is 2.98. The molecule has 0 radical (unpaired) electrons. The number of hydrogen-bond acceptors (Lipinski definition) is 6. The van der Waals surface area contributed by atoms with E-state index in [1.165, 1.54) is 7.11 Å². The van der Waals surface area contributed by atoms with Crippen molar-refractivity contribution < 1.29 is 13.9 Å². The van der Waals surface area contributed by atoms with Crippen molar-refractivity contribution in [3.05, 3.63) is 41.1 Å². The molecule has 0 bridgehead atoms. The van der Waals surface area contributed by atoms with Gasteiger partial charge in [-0.25, -0.2) is 9.78 Å². The molecule has 0 saturated heterocycles. The largest absolute Gasteiger partial charge is 0.465 e. The smallest absolute Gasteiger partial charge is 0.337 e. The average molecular weight is 275 g/mol. The maximum Gasteiger partial charge on any atom is 0.337 e. The van der Waals surface area contributed by atoms with Crippen LogP contribution in [0.25, 0.3) is 0 Å². The molecule has 2 rings (SSSR count). The maximum atomic E-state index is 11.4. The van der Waals surface area contributed by atoms with E-state index in [4.69, 9.17) is 10.2 Å². The molecule has 1 heterocycles. The molecule has 0 amide bonds. The molecule has 3 N–H and O–H groups in total. The summed E-state index contributed by atoms with van der Waals surface area (Å²) in [7, 11) is 1.33. The van der Waals surface area contributed by atoms with Crippen molar-refractivity contribution in [1.29, 1.82) is 0 Å². The predicted octanol–water partition coefficient (Wildman–Crippen LogP) is 2.27. The summed E-state index contributed by atoms with van der Waals surface area (Å²) in [5, 5.41) is 3.12. The van der Waals surface area contributed by atoms with Gasteiger partial charge in [-0.15, -0.1) is 0 Å². The molecule has 6 nitrogen and oxygen atoms in total. The van der Waals surface area contributed by atoms with Crippen molar-refractivity contribution in [2.75, 3.05) is 18.2 Å². The van der Waals surface area contributed by atoms with Gasteiger partial charge in [0, 0.05) is 0 Å². The van der Waals surface area contributed by atoms with Crippen molar-refractivity contribution in [3.63, 3.8) is 0 Å². The van der Waals surface area contributed by atoms with Crippen LogP contribution in [0.3, 0.4) is 0 Å². The summed E-state index contributed by atoms with van der Waals surface area (Å²) in [5.74, 6) is 0.981. The number of nitrogens with one attached hydrogen (secondary N) is 1. The molecule has 1 aromatic heterocycles. The summed E-state index contributed by atoms with van der Waals surface area (Å²) in [6.07, 6.45) is 0. The van der Waals surface area contributed by atoms with Gasteiger partial charge < -0.3 is 20.2 Å². The van der Waals surface area contributed by atoms with E-state index in [0.717, 1.165) is 11.5 Å². The molecule has 0 aliphatic rings. The lowest BCUT2D eigenvalue weighted by Gasteiger charge is -2.08. The number of carbonyl (C=O) groups excluding carboxylic acids is 1. The molecule has 0 atom stereocenters. The van der Waals surface area contributed by atoms with Crippen molar-refractivity contribution in [2.45, 2.75) is 20.4 Å². The highest BCUT2D eigenvalue weighted by molar-refractivity contribution is 5.91. The Balaban J connectivity index is 2.08. The summed E-state index contributed by atoms with van der Waals surface area (Å²) >= 11 is 0. The zero-order valence-corrected chi connectivity index (χ0v) is 11.7. The van der Waals surface area contributed by atoms with Gasteiger partial charge in [0.15, 0.2) is 0 Å². The van der Waals surface area contributed by atoms with Crippen molar-refractivity contribution in [2.24, 2.45) is 0 Å². The number of carbonyl (C=O) groups is 1. The minimum Gasteiger partial charge on any atom is -0.465 e. The standard InChI is InChI=1S/C14H17N3O3/c1-8-9(2)20-13(17-8)7-16-12-5-4-10(6-11(12)15)14(18)19-3/h4-6,16H,7,15H2,1-3H3. The van der Waals surface area contributed by atoms with E-state index in [-0.39, 0.29) is 0 Å². The fourth-order valence-corrected chi connectivity index (χ4v) is 1.75. The number of aromatic nitrogens is 1. The average Bonchev–Trinajstić information content (AvgIpc) is 2.75. The lowest BCUT2D eigenvalue weighted by Crippen LogP contribution is -2.06. The van der Waals surface area contributed by atoms with Crippen LogP contribution in [-0.2, 0) is 11.3 Å². The van der Waals surface area contributed by atoms with E-state index >= 15 is 0 Å². The minimum absolute atomic E-state index is 0.415. The number of nitrogen functional groups attached to an aromatic ring is 1. The summed E-state index contributed by atoms with van der Waals surface area (Å²) < 4.78 is 10.1. The number of aryl methyl sites for hydroxylation is 2. The lowest BCUT2D eigenvalue weighted by atomic mass is 10.1. The number of rotatable bonds is 4. The van der Waals surface area contributed by atoms with Crippen molar-refractivity contribution in [1.82, 2.24) is 4.98 Å². The normalized spacial score (nSPS) is 10.3. The fraction of sp³-hybridized carbons (Fsp3) is 0.286. The van der Waals surface area contributed by atoms with Gasteiger partial charge in [-0.3, -0.25) is 0 Å². The number of methoxy groups -OCH3 is 1. The monoisotopic (exact) mass is 275 g/mol. The van der Waals surface area contributed by atoms with Crippen molar-refractivity contribution >= 4 is 17.3 Å². The van der Waals surface area contributed by atoms with E-state index in [1.54, 1.807) is 18.2 Å². The van der Waals surface area contributed by atoms with E-state index in [1.807, 2.05) is 13.8 Å². The number of esters is 1. The highest BCUT2D eigenvalue weighted by Gasteiger charge is 2.09. The molecule has 6 heteroatoms. The molecule has 0 unspecified atom stereocenters. The van der Waals surface area contributed by atoms with Crippen LogP contribution in [0.5, 0.6) is 0 Å². The number of nitrogens with two attached hydrogens (primary N) is 1. The second kappa shape index (κ2) is 5.64. The zero-order chi connectivity index (χ0) is 14.7. The Morgan fingerprint density at radius 3 is 2.75 bits per heavy atom. The number of nitrogens with zero attached hydrogens (tertiary/aromatic N) is 1. The summed E-state index contributed by atoms with van der Waals surface area (Å²) in [6, 6.07) is 4.95. The molecule has 0 saturated carbocycles. The molecule has 1 aromatic carbocycles. The molecular formula is C14H17N3O3. The lowest BCUT2D eigenvalue weighted by molar-refractivity contribution is 0.0601. The van der Waals surface area contributed by atoms with Crippen LogP contribution in [0.15, 0.2) is 22.6 Å². The quantitative estimate of drug-likeness (QED) is 0.657. The van der Waals surface area contributed by atoms with Crippen LogP contribution in [0.1, 0.15) is 27.7 Å². The SMILES string of the molecule is COC(=O)c1ccc(NCc2nc(C)c(C)o2)c(N)c1. The summed E-state index contributed by atoms with van der Waals surface area (Å²) in [5.41, 5.74) is 8.36. The van der Waals surface area contributed by atoms with Gasteiger partial charge in [0.2, 0.25) is 5.89 Å². The number of ether oxygens (including phenoxy) is 1. The number of oxazole rings is 1.